The quantitative estimate of drug-likeness (QED) is 0.920. The van der Waals surface area contributed by atoms with Gasteiger partial charge in [0.25, 0.3) is 0 Å². The molecule has 2 heterocycles. The number of amides is 1. The van der Waals surface area contributed by atoms with E-state index in [1.807, 2.05) is 6.07 Å². The van der Waals surface area contributed by atoms with Crippen molar-refractivity contribution >= 4 is 17.2 Å². The highest BCUT2D eigenvalue weighted by atomic mass is 16.1. The third-order valence-electron chi connectivity index (χ3n) is 3.73. The normalized spacial score (nSPS) is 16.6. The van der Waals surface area contributed by atoms with Gasteiger partial charge >= 0.3 is 0 Å². The molecular weight excluding hydrogens is 240 g/mol. The summed E-state index contributed by atoms with van der Waals surface area (Å²) in [6.45, 7) is 0. The van der Waals surface area contributed by atoms with Gasteiger partial charge in [-0.05, 0) is 18.8 Å². The van der Waals surface area contributed by atoms with Gasteiger partial charge in [0.15, 0.2) is 5.65 Å². The van der Waals surface area contributed by atoms with Crippen LogP contribution in [-0.2, 0) is 4.79 Å². The van der Waals surface area contributed by atoms with Crippen molar-refractivity contribution in [3.05, 3.63) is 24.7 Å². The minimum absolute atomic E-state index is 0.0835. The second kappa shape index (κ2) is 5.38. The maximum absolute atomic E-state index is 12.0. The number of hydrogen-bond donors (Lipinski definition) is 1. The van der Waals surface area contributed by atoms with Gasteiger partial charge in [-0.3, -0.25) is 4.79 Å². The van der Waals surface area contributed by atoms with Crippen molar-refractivity contribution in [1.29, 1.82) is 0 Å². The van der Waals surface area contributed by atoms with E-state index in [9.17, 15) is 4.79 Å². The van der Waals surface area contributed by atoms with E-state index in [1.165, 1.54) is 32.1 Å². The molecule has 0 bridgehead atoms. The molecule has 100 valence electrons. The summed E-state index contributed by atoms with van der Waals surface area (Å²) >= 11 is 0. The lowest BCUT2D eigenvalue weighted by molar-refractivity contribution is -0.117. The van der Waals surface area contributed by atoms with Crippen LogP contribution < -0.4 is 5.32 Å². The second-order valence-corrected chi connectivity index (χ2v) is 5.23. The second-order valence-electron chi connectivity index (χ2n) is 5.23. The van der Waals surface area contributed by atoms with Gasteiger partial charge in [-0.15, -0.1) is 0 Å². The molecule has 5 heteroatoms. The molecule has 0 spiro atoms. The molecule has 1 N–H and O–H groups in total. The van der Waals surface area contributed by atoms with Crippen LogP contribution in [0.25, 0.3) is 5.65 Å². The summed E-state index contributed by atoms with van der Waals surface area (Å²) in [6, 6.07) is 1.83. The lowest BCUT2D eigenvalue weighted by atomic mass is 9.87. The number of hydrogen-bond acceptors (Lipinski definition) is 3. The Bertz CT molecular complexity index is 572. The monoisotopic (exact) mass is 258 g/mol. The highest BCUT2D eigenvalue weighted by Crippen LogP contribution is 2.26. The number of aromatic nitrogens is 3. The Kier molecular flexibility index (Phi) is 3.44. The van der Waals surface area contributed by atoms with Gasteiger partial charge in [0.1, 0.15) is 0 Å². The Morgan fingerprint density at radius 3 is 3.05 bits per heavy atom. The van der Waals surface area contributed by atoms with Crippen molar-refractivity contribution in [2.24, 2.45) is 5.92 Å². The van der Waals surface area contributed by atoms with E-state index in [0.29, 0.717) is 18.0 Å². The van der Waals surface area contributed by atoms with E-state index >= 15 is 0 Å². The number of rotatable bonds is 3. The van der Waals surface area contributed by atoms with Gasteiger partial charge in [0.2, 0.25) is 5.91 Å². The summed E-state index contributed by atoms with van der Waals surface area (Å²) in [4.78, 5) is 16.2. The highest BCUT2D eigenvalue weighted by molar-refractivity contribution is 5.90. The summed E-state index contributed by atoms with van der Waals surface area (Å²) in [5, 5.41) is 7.01. The van der Waals surface area contributed by atoms with E-state index < -0.39 is 0 Å². The lowest BCUT2D eigenvalue weighted by Crippen LogP contribution is -2.18. The number of nitrogens with zero attached hydrogens (tertiary/aromatic N) is 3. The molecule has 0 unspecified atom stereocenters. The Labute approximate surface area is 112 Å². The SMILES string of the molecule is O=C(CC1CCCCC1)Nc1cnc2ccnn2c1. The standard InChI is InChI=1S/C14H18N4O/c19-14(8-11-4-2-1-3-5-11)17-12-9-15-13-6-7-16-18(13)10-12/h6-7,9-11H,1-5,8H2,(H,17,19). The van der Waals surface area contributed by atoms with E-state index in [0.717, 1.165) is 5.65 Å². The van der Waals surface area contributed by atoms with Crippen LogP contribution in [0.5, 0.6) is 0 Å². The van der Waals surface area contributed by atoms with Crippen molar-refractivity contribution in [3.8, 4) is 0 Å². The van der Waals surface area contributed by atoms with Gasteiger partial charge in [-0.25, -0.2) is 9.50 Å². The number of fused-ring (bicyclic) bond motifs is 1. The molecule has 1 fully saturated rings. The van der Waals surface area contributed by atoms with E-state index in [2.05, 4.69) is 15.4 Å². The predicted molar refractivity (Wildman–Crippen MR) is 72.8 cm³/mol. The first-order chi connectivity index (χ1) is 9.31. The van der Waals surface area contributed by atoms with Crippen LogP contribution in [-0.4, -0.2) is 20.5 Å². The first-order valence-electron chi connectivity index (χ1n) is 6.90. The Morgan fingerprint density at radius 1 is 1.37 bits per heavy atom. The Morgan fingerprint density at radius 2 is 2.21 bits per heavy atom. The lowest BCUT2D eigenvalue weighted by Gasteiger charge is -2.20. The van der Waals surface area contributed by atoms with Crippen molar-refractivity contribution in [1.82, 2.24) is 14.6 Å². The molecule has 1 amide bonds. The summed E-state index contributed by atoms with van der Waals surface area (Å²) in [5.41, 5.74) is 1.49. The summed E-state index contributed by atoms with van der Waals surface area (Å²) < 4.78 is 1.66. The van der Waals surface area contributed by atoms with Crippen LogP contribution >= 0.6 is 0 Å². The van der Waals surface area contributed by atoms with Crippen molar-refractivity contribution in [2.45, 2.75) is 38.5 Å². The van der Waals surface area contributed by atoms with Gasteiger partial charge in [0, 0.05) is 12.5 Å². The largest absolute Gasteiger partial charge is 0.323 e. The first-order valence-corrected chi connectivity index (χ1v) is 6.90. The van der Waals surface area contributed by atoms with Crippen LogP contribution in [0.2, 0.25) is 0 Å². The van der Waals surface area contributed by atoms with Gasteiger partial charge in [-0.1, -0.05) is 19.3 Å². The molecule has 3 rings (SSSR count). The smallest absolute Gasteiger partial charge is 0.224 e. The zero-order valence-corrected chi connectivity index (χ0v) is 10.9. The predicted octanol–water partition coefficient (Wildman–Crippen LogP) is 2.64. The molecule has 1 aliphatic rings. The van der Waals surface area contributed by atoms with Crippen molar-refractivity contribution in [3.63, 3.8) is 0 Å². The number of carbonyl (C=O) groups is 1. The Hall–Kier alpha value is -1.91. The van der Waals surface area contributed by atoms with Gasteiger partial charge < -0.3 is 5.32 Å². The average molecular weight is 258 g/mol. The maximum atomic E-state index is 12.0. The fourth-order valence-electron chi connectivity index (χ4n) is 2.74. The van der Waals surface area contributed by atoms with Crippen LogP contribution in [0.3, 0.4) is 0 Å². The molecule has 1 aliphatic carbocycles. The average Bonchev–Trinajstić information content (AvgIpc) is 2.87. The molecule has 0 atom stereocenters. The Balaban J connectivity index is 1.61. The first kappa shape index (κ1) is 12.1. The maximum Gasteiger partial charge on any atom is 0.224 e. The van der Waals surface area contributed by atoms with Crippen molar-refractivity contribution < 1.29 is 4.79 Å². The van der Waals surface area contributed by atoms with Gasteiger partial charge in [-0.2, -0.15) is 5.10 Å². The number of nitrogens with one attached hydrogen (secondary N) is 1. The zero-order valence-electron chi connectivity index (χ0n) is 10.9. The topological polar surface area (TPSA) is 59.3 Å². The van der Waals surface area contributed by atoms with E-state index in [1.54, 1.807) is 23.1 Å². The third kappa shape index (κ3) is 2.92. The van der Waals surface area contributed by atoms with Crippen LogP contribution in [0.4, 0.5) is 5.69 Å². The number of anilines is 1. The molecular formula is C14H18N4O. The van der Waals surface area contributed by atoms with E-state index in [-0.39, 0.29) is 5.91 Å². The molecule has 5 nitrogen and oxygen atoms in total. The van der Waals surface area contributed by atoms with E-state index in [4.69, 9.17) is 0 Å². The molecule has 2 aromatic rings. The zero-order chi connectivity index (χ0) is 13.1. The molecule has 1 saturated carbocycles. The minimum Gasteiger partial charge on any atom is -0.323 e. The molecule has 0 aromatic carbocycles. The summed E-state index contributed by atoms with van der Waals surface area (Å²) in [7, 11) is 0. The molecule has 0 saturated heterocycles. The van der Waals surface area contributed by atoms with Crippen LogP contribution in [0, 0.1) is 5.92 Å². The highest BCUT2D eigenvalue weighted by Gasteiger charge is 2.17. The van der Waals surface area contributed by atoms with Gasteiger partial charge in [0.05, 0.1) is 24.3 Å². The minimum atomic E-state index is 0.0835. The van der Waals surface area contributed by atoms with Crippen LogP contribution in [0.1, 0.15) is 38.5 Å². The molecule has 19 heavy (non-hydrogen) atoms. The number of carbonyl (C=O) groups excluding carboxylic acids is 1. The summed E-state index contributed by atoms with van der Waals surface area (Å²) in [5.74, 6) is 0.635. The molecule has 0 aliphatic heterocycles. The summed E-state index contributed by atoms with van der Waals surface area (Å²) in [6.07, 6.45) is 12.0. The fraction of sp³-hybridized carbons (Fsp3) is 0.500. The molecule has 2 aromatic heterocycles. The van der Waals surface area contributed by atoms with Crippen LogP contribution in [0.15, 0.2) is 24.7 Å². The molecule has 0 radical (unpaired) electrons. The fourth-order valence-corrected chi connectivity index (χ4v) is 2.74. The van der Waals surface area contributed by atoms with Crippen molar-refractivity contribution in [2.75, 3.05) is 5.32 Å². The third-order valence-corrected chi connectivity index (χ3v) is 3.73.